The Bertz CT molecular complexity index is 1620. The summed E-state index contributed by atoms with van der Waals surface area (Å²) >= 11 is 0. The fraction of sp³-hybridized carbons (Fsp3) is 0.526. The van der Waals surface area contributed by atoms with Crippen molar-refractivity contribution >= 4 is 34.6 Å². The molecule has 2 aromatic carbocycles. The number of H-pyrrole nitrogens is 1. The number of aromatic amines is 1. The molecule has 2 amide bonds. The third-order valence-electron chi connectivity index (χ3n) is 11.1. The number of allylic oxidation sites excluding steroid dienone is 1. The first-order chi connectivity index (χ1) is 22.4. The van der Waals surface area contributed by atoms with Gasteiger partial charge in [-0.3, -0.25) is 19.5 Å². The van der Waals surface area contributed by atoms with Crippen LogP contribution in [-0.4, -0.2) is 87.8 Å². The number of hydrogen-bond acceptors (Lipinski definition) is 5. The van der Waals surface area contributed by atoms with Crippen LogP contribution in [0, 0.1) is 18.8 Å². The summed E-state index contributed by atoms with van der Waals surface area (Å²) in [5.41, 5.74) is 6.33. The van der Waals surface area contributed by atoms with Gasteiger partial charge in [0.15, 0.2) is 5.78 Å². The molecular weight excluding hydrogens is 574 g/mol. The molecule has 8 nitrogen and oxygen atoms in total. The zero-order chi connectivity index (χ0) is 31.6. The van der Waals surface area contributed by atoms with E-state index in [4.69, 9.17) is 0 Å². The molecule has 1 aromatic heterocycles. The second kappa shape index (κ2) is 13.5. The number of fused-ring (bicyclic) bond motifs is 2. The summed E-state index contributed by atoms with van der Waals surface area (Å²) in [5.74, 6) is 0.147. The predicted molar refractivity (Wildman–Crippen MR) is 180 cm³/mol. The lowest BCUT2D eigenvalue weighted by molar-refractivity contribution is -0.143. The molecule has 1 aliphatic carbocycles. The quantitative estimate of drug-likeness (QED) is 0.385. The van der Waals surface area contributed by atoms with Crippen molar-refractivity contribution in [1.29, 1.82) is 0 Å². The number of carbonyl (C=O) groups is 3. The number of nitrogens with one attached hydrogen (secondary N) is 1. The second-order valence-electron chi connectivity index (χ2n) is 14.1. The first-order valence-corrected chi connectivity index (χ1v) is 17.5. The van der Waals surface area contributed by atoms with Gasteiger partial charge >= 0.3 is 0 Å². The summed E-state index contributed by atoms with van der Waals surface area (Å²) in [6, 6.07) is 12.9. The Hall–Kier alpha value is -3.78. The Balaban J connectivity index is 1.02. The standard InChI is InChI=1S/C38H47N5O3/c1-26-19-27(21-32-25-39-40-37(26)32)20-31(38(46)43-17-11-33(12-18-43)41-13-5-2-6-14-41)24-36(45)42-15-9-28(10-16-42)34-22-29-7-3-4-8-30(29)23-35(34)44/h3-4,7-8,19,21-22,25,28,31,33H,2,5-6,9-18,20,23-24H2,1H3,(H,39,40)/t31-/m0/s1. The molecule has 1 N–H and O–H groups in total. The number of hydrogen-bond donors (Lipinski definition) is 1. The molecule has 0 bridgehead atoms. The van der Waals surface area contributed by atoms with Crippen LogP contribution in [0.2, 0.25) is 0 Å². The van der Waals surface area contributed by atoms with Gasteiger partial charge in [0.25, 0.3) is 0 Å². The van der Waals surface area contributed by atoms with Gasteiger partial charge < -0.3 is 14.7 Å². The number of carbonyl (C=O) groups excluding carboxylic acids is 3. The molecule has 4 aliphatic rings. The molecule has 1 atom stereocenters. The maximum atomic E-state index is 14.2. The van der Waals surface area contributed by atoms with E-state index in [0.717, 1.165) is 77.5 Å². The zero-order valence-corrected chi connectivity index (χ0v) is 27.2. The van der Waals surface area contributed by atoms with Crippen molar-refractivity contribution < 1.29 is 14.4 Å². The molecule has 3 fully saturated rings. The average molecular weight is 622 g/mol. The lowest BCUT2D eigenvalue weighted by Crippen LogP contribution is -2.50. The highest BCUT2D eigenvalue weighted by Crippen LogP contribution is 2.33. The largest absolute Gasteiger partial charge is 0.343 e. The molecular formula is C38H47N5O3. The second-order valence-corrected chi connectivity index (χ2v) is 14.1. The average Bonchev–Trinajstić information content (AvgIpc) is 3.57. The van der Waals surface area contributed by atoms with Crippen LogP contribution < -0.4 is 0 Å². The summed E-state index contributed by atoms with van der Waals surface area (Å²) in [7, 11) is 0. The molecule has 7 rings (SSSR count). The Morgan fingerprint density at radius 1 is 0.935 bits per heavy atom. The number of likely N-dealkylation sites (tertiary alicyclic amines) is 3. The van der Waals surface area contributed by atoms with E-state index in [0.29, 0.717) is 32.0 Å². The molecule has 242 valence electrons. The molecule has 4 heterocycles. The van der Waals surface area contributed by atoms with Gasteiger partial charge in [0, 0.05) is 50.4 Å². The predicted octanol–water partition coefficient (Wildman–Crippen LogP) is 5.34. The van der Waals surface area contributed by atoms with E-state index in [1.807, 2.05) is 34.2 Å². The van der Waals surface area contributed by atoms with Crippen molar-refractivity contribution in [2.24, 2.45) is 11.8 Å². The number of piperidine rings is 3. The van der Waals surface area contributed by atoms with Crippen molar-refractivity contribution in [3.05, 3.63) is 70.4 Å². The Kier molecular flexibility index (Phi) is 9.07. The van der Waals surface area contributed by atoms with Crippen LogP contribution in [0.4, 0.5) is 0 Å². The van der Waals surface area contributed by atoms with Gasteiger partial charge in [0.2, 0.25) is 11.8 Å². The summed E-state index contributed by atoms with van der Waals surface area (Å²) in [4.78, 5) is 47.6. The Morgan fingerprint density at radius 3 is 2.46 bits per heavy atom. The van der Waals surface area contributed by atoms with E-state index < -0.39 is 5.92 Å². The van der Waals surface area contributed by atoms with Crippen molar-refractivity contribution in [3.8, 4) is 0 Å². The lowest BCUT2D eigenvalue weighted by atomic mass is 9.80. The van der Waals surface area contributed by atoms with Gasteiger partial charge in [-0.15, -0.1) is 0 Å². The van der Waals surface area contributed by atoms with Gasteiger partial charge in [-0.1, -0.05) is 36.8 Å². The van der Waals surface area contributed by atoms with Crippen LogP contribution in [-0.2, 0) is 27.2 Å². The van der Waals surface area contributed by atoms with E-state index >= 15 is 0 Å². The van der Waals surface area contributed by atoms with Gasteiger partial charge in [0.1, 0.15) is 0 Å². The van der Waals surface area contributed by atoms with Crippen LogP contribution in [0.3, 0.4) is 0 Å². The van der Waals surface area contributed by atoms with Crippen molar-refractivity contribution in [3.63, 3.8) is 0 Å². The number of aryl methyl sites for hydroxylation is 1. The topological polar surface area (TPSA) is 89.6 Å². The number of aromatic nitrogens is 2. The third-order valence-corrected chi connectivity index (χ3v) is 11.1. The highest BCUT2D eigenvalue weighted by atomic mass is 16.2. The highest BCUT2D eigenvalue weighted by molar-refractivity contribution is 6.04. The fourth-order valence-electron chi connectivity index (χ4n) is 8.44. The van der Waals surface area contributed by atoms with Crippen LogP contribution in [0.1, 0.15) is 73.6 Å². The minimum atomic E-state index is -0.403. The van der Waals surface area contributed by atoms with E-state index in [-0.39, 0.29) is 29.9 Å². The first-order valence-electron chi connectivity index (χ1n) is 17.5. The summed E-state index contributed by atoms with van der Waals surface area (Å²) < 4.78 is 0. The lowest BCUT2D eigenvalue weighted by Gasteiger charge is -2.41. The Morgan fingerprint density at radius 2 is 1.67 bits per heavy atom. The molecule has 46 heavy (non-hydrogen) atoms. The van der Waals surface area contributed by atoms with E-state index in [1.165, 1.54) is 32.4 Å². The molecule has 0 unspecified atom stereocenters. The van der Waals surface area contributed by atoms with Crippen molar-refractivity contribution in [1.82, 2.24) is 24.9 Å². The van der Waals surface area contributed by atoms with Crippen molar-refractivity contribution in [2.45, 2.75) is 77.2 Å². The smallest absolute Gasteiger partial charge is 0.226 e. The summed E-state index contributed by atoms with van der Waals surface area (Å²) in [5, 5.41) is 8.31. The maximum Gasteiger partial charge on any atom is 0.226 e. The van der Waals surface area contributed by atoms with E-state index in [1.54, 1.807) is 0 Å². The normalized spacial score (nSPS) is 20.9. The SMILES string of the molecule is Cc1cc(C[C@@H](CC(=O)N2CCC(C3=Cc4ccccc4CC3=O)CC2)C(=O)N2CCC(N3CCCCC3)CC2)cc2cn[nH]c12. The number of amides is 2. The molecule has 3 aromatic rings. The number of benzene rings is 2. The van der Waals surface area contributed by atoms with Crippen LogP contribution in [0.15, 0.2) is 48.2 Å². The summed E-state index contributed by atoms with van der Waals surface area (Å²) in [6.07, 6.45) is 12.6. The minimum Gasteiger partial charge on any atom is -0.343 e. The fourth-order valence-corrected chi connectivity index (χ4v) is 8.44. The highest BCUT2D eigenvalue weighted by Gasteiger charge is 2.35. The summed E-state index contributed by atoms with van der Waals surface area (Å²) in [6.45, 7) is 7.20. The Labute approximate surface area is 272 Å². The van der Waals surface area contributed by atoms with Crippen LogP contribution >= 0.6 is 0 Å². The molecule has 8 heteroatoms. The number of Topliss-reactive ketones (excluding diaryl/α,β-unsaturated/α-hetero) is 1. The molecule has 0 saturated carbocycles. The molecule has 3 aliphatic heterocycles. The van der Waals surface area contributed by atoms with Crippen molar-refractivity contribution in [2.75, 3.05) is 39.3 Å². The molecule has 0 spiro atoms. The van der Waals surface area contributed by atoms with Crippen LogP contribution in [0.25, 0.3) is 17.0 Å². The van der Waals surface area contributed by atoms with E-state index in [2.05, 4.69) is 46.3 Å². The maximum absolute atomic E-state index is 14.2. The third kappa shape index (κ3) is 6.55. The van der Waals surface area contributed by atoms with Gasteiger partial charge in [0.05, 0.1) is 17.6 Å². The number of ketones is 1. The number of nitrogens with zero attached hydrogens (tertiary/aromatic N) is 4. The first kappa shape index (κ1) is 30.9. The monoisotopic (exact) mass is 621 g/mol. The molecule has 3 saturated heterocycles. The minimum absolute atomic E-state index is 0.0513. The van der Waals surface area contributed by atoms with E-state index in [9.17, 15) is 14.4 Å². The molecule has 0 radical (unpaired) electrons. The zero-order valence-electron chi connectivity index (χ0n) is 27.2. The van der Waals surface area contributed by atoms with Gasteiger partial charge in [-0.25, -0.2) is 0 Å². The van der Waals surface area contributed by atoms with Gasteiger partial charge in [-0.2, -0.15) is 5.10 Å². The number of rotatable bonds is 7. The van der Waals surface area contributed by atoms with Crippen LogP contribution in [0.5, 0.6) is 0 Å². The van der Waals surface area contributed by atoms with Gasteiger partial charge in [-0.05, 0) is 111 Å².